The van der Waals surface area contributed by atoms with Crippen molar-refractivity contribution >= 4 is 82.1 Å². The molecule has 0 amide bonds. The number of aromatic amines is 2. The van der Waals surface area contributed by atoms with Crippen LogP contribution in [0.1, 0.15) is 25.1 Å². The number of anilines is 3. The summed E-state index contributed by atoms with van der Waals surface area (Å²) < 4.78 is 107. The lowest BCUT2D eigenvalue weighted by atomic mass is 9.95. The Kier molecular flexibility index (Phi) is 15.8. The number of imidazole rings is 3. The summed E-state index contributed by atoms with van der Waals surface area (Å²) in [6.45, 7) is -3.15. The highest BCUT2D eigenvalue weighted by molar-refractivity contribution is 7.71. The highest BCUT2D eigenvalue weighted by Gasteiger charge is 2.55. The Bertz CT molecular complexity index is 3510. The van der Waals surface area contributed by atoms with Crippen molar-refractivity contribution in [3.63, 3.8) is 0 Å². The number of nitrogens with one attached hydrogen (secondary N) is 3. The first-order valence-electron chi connectivity index (χ1n) is 22.4. The molecule has 3 saturated heterocycles. The maximum Gasteiger partial charge on any atom is 0.480 e. The third-order valence-electron chi connectivity index (χ3n) is 12.6. The van der Waals surface area contributed by atoms with Crippen LogP contribution in [-0.2, 0) is 66.9 Å². The number of methoxy groups -OCH3 is 2. The summed E-state index contributed by atoms with van der Waals surface area (Å²) in [5, 5.41) is 33.4. The second-order valence-corrected chi connectivity index (χ2v) is 24.5. The minimum absolute atomic E-state index is 0.00291. The van der Waals surface area contributed by atoms with Crippen molar-refractivity contribution in [1.82, 2.24) is 58.4 Å². The molecule has 38 nitrogen and oxygen atoms in total. The molecule has 42 heteroatoms. The first-order chi connectivity index (χ1) is 36.2. The Balaban J connectivity index is 0.890. The van der Waals surface area contributed by atoms with Crippen LogP contribution in [0.2, 0.25) is 0 Å². The van der Waals surface area contributed by atoms with Crippen LogP contribution < -0.4 is 42.6 Å². The number of nitrogen functional groups attached to an aromatic ring is 3. The number of hydrogen-bond donors (Lipinski definition) is 12. The van der Waals surface area contributed by atoms with Gasteiger partial charge in [0.15, 0.2) is 41.4 Å². The summed E-state index contributed by atoms with van der Waals surface area (Å²) in [7, 11) is -19.0. The molecule has 9 heterocycles. The topological polar surface area (TPSA) is 548 Å². The Hall–Kier alpha value is -5.11. The van der Waals surface area contributed by atoms with Gasteiger partial charge in [0, 0.05) is 26.7 Å². The van der Waals surface area contributed by atoms with Crippen molar-refractivity contribution in [2.75, 3.05) is 57.8 Å². The van der Waals surface area contributed by atoms with Gasteiger partial charge in [0.1, 0.15) is 50.0 Å². The predicted octanol–water partition coefficient (Wildman–Crippen LogP) is -4.41. The molecule has 9 rings (SSSR count). The quantitative estimate of drug-likeness (QED) is 0.0239. The SMILES string of the molecule is COCC[C@H]1[C@@H](O)[C@H]([n+]2cn(C)c3c(=O)[nH]c(N)nc32)O[C@@H]1COP(=O)(O)NP(=O)(O)OP(=O)(O)OCC1O[C@@H](n2cnc3c(N)ncnc32)[C@H](OC)[C@@H]1P(=O)([O-])OC[C@H]1O[C@@H](n2cnc3c(=O)[nH]c(N)nc32)[C@H](O)[C@@H]1O. The molecule has 3 fully saturated rings. The molecule has 6 aromatic heterocycles. The molecule has 0 spiro atoms. The molecule has 0 radical (unpaired) electrons. The van der Waals surface area contributed by atoms with E-state index in [0.29, 0.717) is 0 Å². The van der Waals surface area contributed by atoms with Gasteiger partial charge in [-0.3, -0.25) is 42.3 Å². The van der Waals surface area contributed by atoms with E-state index in [0.717, 1.165) is 30.7 Å². The van der Waals surface area contributed by atoms with Crippen LogP contribution in [-0.4, -0.2) is 173 Å². The molecular formula is C35H50N16O22P4. The summed E-state index contributed by atoms with van der Waals surface area (Å²) in [5.74, 6) is -1.58. The van der Waals surface area contributed by atoms with Gasteiger partial charge in [-0.25, -0.2) is 38.2 Å². The molecule has 3 aliphatic heterocycles. The summed E-state index contributed by atoms with van der Waals surface area (Å²) >= 11 is 0. The second-order valence-electron chi connectivity index (χ2n) is 17.5. The van der Waals surface area contributed by atoms with E-state index in [9.17, 15) is 62.7 Å². The Labute approximate surface area is 429 Å². The maximum atomic E-state index is 14.3. The number of ether oxygens (including phenoxy) is 5. The van der Waals surface area contributed by atoms with Gasteiger partial charge in [-0.1, -0.05) is 4.98 Å². The Morgan fingerprint density at radius 2 is 1.43 bits per heavy atom. The largest absolute Gasteiger partial charge is 0.778 e. The van der Waals surface area contributed by atoms with Crippen LogP contribution in [0.5, 0.6) is 0 Å². The zero-order chi connectivity index (χ0) is 55.7. The van der Waals surface area contributed by atoms with E-state index < -0.39 is 135 Å². The number of nitrogens with zero attached hydrogens (tertiary/aromatic N) is 10. The normalized spacial score (nSPS) is 30.0. The monoisotopic (exact) mass is 1170 g/mol. The molecule has 16 atom stereocenters. The second kappa shape index (κ2) is 21.5. The minimum atomic E-state index is -5.95. The van der Waals surface area contributed by atoms with Crippen molar-refractivity contribution in [3.8, 4) is 0 Å². The third kappa shape index (κ3) is 11.3. The summed E-state index contributed by atoms with van der Waals surface area (Å²) in [6.07, 6.45) is -11.2. The van der Waals surface area contributed by atoms with Crippen molar-refractivity contribution in [1.29, 1.82) is 0 Å². The standard InChI is InChI=1S/C35H50N16O22P4/c1-48-12-51(28-19(48)30(56)46-35(38)44-28)31-20(52)13(4-5-65-2)14(70-31)6-68-75(59,60)47-76(61,62)73-77(63,64)69-8-16-24(23(66-3)33(72-16)49-10-41-17-25(36)39-9-40-26(17)49)74(57,58)67-7-15-21(53)22(54)32(71-15)50-11-42-18-27(50)43-34(37)45-29(18)55/h9-16,20-24,31-33,52-54H,4-8H2,1-3H3,(H12-,36,37,38,39,40,43,44,45,46,47,55,56,57,58,59,60,61,62,63,64)/t13-,14-,15-,16?,20-,21-,22-,23-,24-,31-,32-,33-/m1/s1. The van der Waals surface area contributed by atoms with Crippen LogP contribution in [0.15, 0.2) is 34.9 Å². The lowest BCUT2D eigenvalue weighted by molar-refractivity contribution is -0.745. The molecule has 3 aliphatic rings. The van der Waals surface area contributed by atoms with Crippen LogP contribution in [0.4, 0.5) is 17.7 Å². The van der Waals surface area contributed by atoms with E-state index in [-0.39, 0.29) is 64.2 Å². The van der Waals surface area contributed by atoms with Crippen LogP contribution >= 0.6 is 30.9 Å². The molecule has 77 heavy (non-hydrogen) atoms. The van der Waals surface area contributed by atoms with Gasteiger partial charge < -0.3 is 84.9 Å². The fourth-order valence-corrected chi connectivity index (χ4v) is 14.9. The van der Waals surface area contributed by atoms with Crippen LogP contribution in [0, 0.1) is 5.92 Å². The van der Waals surface area contributed by atoms with E-state index in [4.69, 9.17) is 54.5 Å². The van der Waals surface area contributed by atoms with Crippen LogP contribution in [0.25, 0.3) is 33.5 Å². The zero-order valence-corrected chi connectivity index (χ0v) is 43.6. The van der Waals surface area contributed by atoms with Gasteiger partial charge in [0.2, 0.25) is 17.7 Å². The molecule has 5 unspecified atom stereocenters. The van der Waals surface area contributed by atoms with Gasteiger partial charge in [0.25, 0.3) is 17.1 Å². The zero-order valence-electron chi connectivity index (χ0n) is 40.0. The lowest BCUT2D eigenvalue weighted by Gasteiger charge is -2.35. The number of fused-ring (bicyclic) bond motifs is 3. The average molecular weight is 1170 g/mol. The summed E-state index contributed by atoms with van der Waals surface area (Å²) in [5.41, 5.74) is 13.7. The van der Waals surface area contributed by atoms with Crippen molar-refractivity contribution in [2.24, 2.45) is 13.0 Å². The fourth-order valence-electron chi connectivity index (χ4n) is 9.23. The molecular weight excluding hydrogens is 1120 g/mol. The first kappa shape index (κ1) is 56.6. The third-order valence-corrected chi connectivity index (χ3v) is 19.2. The van der Waals surface area contributed by atoms with Gasteiger partial charge in [0.05, 0.1) is 57.4 Å². The number of hydrogen-bond acceptors (Lipinski definition) is 28. The number of aromatic nitrogens is 12. The van der Waals surface area contributed by atoms with Gasteiger partial charge in [-0.15, -0.1) is 4.86 Å². The summed E-state index contributed by atoms with van der Waals surface area (Å²) in [6, 6.07) is 0. The van der Waals surface area contributed by atoms with Crippen LogP contribution in [0.3, 0.4) is 0 Å². The number of rotatable bonds is 21. The highest BCUT2D eigenvalue weighted by Crippen LogP contribution is 2.63. The predicted molar refractivity (Wildman–Crippen MR) is 252 cm³/mol. The van der Waals surface area contributed by atoms with Gasteiger partial charge >= 0.3 is 29.0 Å². The van der Waals surface area contributed by atoms with Crippen molar-refractivity contribution < 1.29 is 99.3 Å². The highest BCUT2D eigenvalue weighted by atomic mass is 31.3. The molecule has 422 valence electrons. The Morgan fingerprint density at radius 1 is 0.779 bits per heavy atom. The number of nitrogens with two attached hydrogens (primary N) is 3. The lowest BCUT2D eigenvalue weighted by Crippen LogP contribution is -2.45. The molecule has 0 aromatic carbocycles. The molecule has 0 aliphatic carbocycles. The number of aliphatic hydroxyl groups is 3. The smallest absolute Gasteiger partial charge is 0.480 e. The summed E-state index contributed by atoms with van der Waals surface area (Å²) in [4.78, 5) is 101. The molecule has 15 N–H and O–H groups in total. The van der Waals surface area contributed by atoms with Gasteiger partial charge in [-0.2, -0.15) is 9.29 Å². The molecule has 6 aromatic rings. The number of phosphoric ester groups is 1. The Morgan fingerprint density at radius 3 is 2.14 bits per heavy atom. The van der Waals surface area contributed by atoms with Crippen molar-refractivity contribution in [2.45, 2.75) is 73.5 Å². The van der Waals surface area contributed by atoms with E-state index in [1.807, 2.05) is 0 Å². The van der Waals surface area contributed by atoms with E-state index >= 15 is 0 Å². The number of H-pyrrole nitrogens is 2. The van der Waals surface area contributed by atoms with Gasteiger partial charge in [-0.05, 0) is 6.42 Å². The maximum absolute atomic E-state index is 14.3. The number of aryl methyl sites for hydroxylation is 1. The number of phosphoric acid groups is 1. The van der Waals surface area contributed by atoms with E-state index in [1.165, 1.54) is 39.0 Å². The van der Waals surface area contributed by atoms with E-state index in [2.05, 4.69) is 44.2 Å². The number of aliphatic hydroxyl groups excluding tert-OH is 3. The fraction of sp³-hybridized carbons (Fsp3) is 0.571. The average Bonchev–Trinajstić information content (AvgIpc) is 4.20. The van der Waals surface area contributed by atoms with Crippen molar-refractivity contribution in [3.05, 3.63) is 46.0 Å². The van der Waals surface area contributed by atoms with E-state index in [1.54, 1.807) is 0 Å². The molecule has 0 bridgehead atoms. The first-order valence-corrected chi connectivity index (χ1v) is 28.7. The molecule has 0 saturated carbocycles. The minimum Gasteiger partial charge on any atom is -0.778 e.